The maximum atomic E-state index is 11.7. The molecule has 0 bridgehead atoms. The van der Waals surface area contributed by atoms with Gasteiger partial charge in [-0.2, -0.15) is 0 Å². The fraction of sp³-hybridized carbons (Fsp3) is 0.500. The van der Waals surface area contributed by atoms with Crippen molar-refractivity contribution < 1.29 is 14.3 Å². The average molecular weight is 236 g/mol. The Morgan fingerprint density at radius 1 is 1.35 bits per heavy atom. The second kappa shape index (κ2) is 6.28. The van der Waals surface area contributed by atoms with Gasteiger partial charge in [0.05, 0.1) is 6.10 Å². The van der Waals surface area contributed by atoms with E-state index >= 15 is 0 Å². The molecule has 2 atom stereocenters. The number of ether oxygens (including phenoxy) is 2. The zero-order chi connectivity index (χ0) is 12.8. The Bertz CT molecular complexity index is 373. The Kier molecular flexibility index (Phi) is 5.01. The third-order valence-electron chi connectivity index (χ3n) is 2.53. The molecule has 0 saturated heterocycles. The molecule has 0 heterocycles. The quantitative estimate of drug-likeness (QED) is 0.737. The molecule has 1 rings (SSSR count). The van der Waals surface area contributed by atoms with E-state index in [0.29, 0.717) is 5.75 Å². The Morgan fingerprint density at radius 2 is 2.06 bits per heavy atom. The fourth-order valence-electron chi connectivity index (χ4n) is 1.32. The fourth-order valence-corrected chi connectivity index (χ4v) is 1.32. The van der Waals surface area contributed by atoms with Crippen molar-refractivity contribution >= 4 is 5.97 Å². The molecule has 3 nitrogen and oxygen atoms in total. The van der Waals surface area contributed by atoms with E-state index in [4.69, 9.17) is 9.47 Å². The van der Waals surface area contributed by atoms with Gasteiger partial charge >= 0.3 is 5.97 Å². The topological polar surface area (TPSA) is 35.5 Å². The molecule has 0 saturated carbocycles. The van der Waals surface area contributed by atoms with Gasteiger partial charge in [0.2, 0.25) is 0 Å². The Hall–Kier alpha value is -1.51. The highest BCUT2D eigenvalue weighted by molar-refractivity contribution is 5.74. The first-order valence-corrected chi connectivity index (χ1v) is 5.96. The summed E-state index contributed by atoms with van der Waals surface area (Å²) >= 11 is 0. The van der Waals surface area contributed by atoms with Crippen LogP contribution in [-0.4, -0.2) is 18.2 Å². The van der Waals surface area contributed by atoms with Gasteiger partial charge in [0.15, 0.2) is 6.10 Å². The summed E-state index contributed by atoms with van der Waals surface area (Å²) in [6.45, 7) is 7.53. The van der Waals surface area contributed by atoms with Crippen molar-refractivity contribution in [2.75, 3.05) is 0 Å². The number of aryl methyl sites for hydroxylation is 1. The van der Waals surface area contributed by atoms with E-state index in [1.807, 2.05) is 45.0 Å². The van der Waals surface area contributed by atoms with Gasteiger partial charge in [-0.15, -0.1) is 0 Å². The number of esters is 1. The molecule has 0 N–H and O–H groups in total. The lowest BCUT2D eigenvalue weighted by molar-refractivity contribution is -0.155. The summed E-state index contributed by atoms with van der Waals surface area (Å²) in [5.74, 6) is 0.374. The molecular weight excluding hydrogens is 216 g/mol. The third-order valence-corrected chi connectivity index (χ3v) is 2.53. The third kappa shape index (κ3) is 4.47. The van der Waals surface area contributed by atoms with Gasteiger partial charge in [0, 0.05) is 0 Å². The lowest BCUT2D eigenvalue weighted by Crippen LogP contribution is -2.29. The molecule has 17 heavy (non-hydrogen) atoms. The lowest BCUT2D eigenvalue weighted by atomic mass is 10.2. The largest absolute Gasteiger partial charge is 0.479 e. The van der Waals surface area contributed by atoms with Gasteiger partial charge in [-0.1, -0.05) is 19.1 Å². The predicted octanol–water partition coefficient (Wildman–Crippen LogP) is 3.10. The standard InChI is InChI=1S/C14H20O3/c1-5-11(3)16-14(15)12(4)17-13-8-6-7-10(2)9-13/h6-9,11-12H,5H2,1-4H3. The zero-order valence-electron chi connectivity index (χ0n) is 10.9. The molecule has 0 aliphatic rings. The number of hydrogen-bond donors (Lipinski definition) is 0. The monoisotopic (exact) mass is 236 g/mol. The van der Waals surface area contributed by atoms with Crippen molar-refractivity contribution in [2.45, 2.75) is 46.3 Å². The van der Waals surface area contributed by atoms with Crippen LogP contribution >= 0.6 is 0 Å². The first-order chi connectivity index (χ1) is 8.02. The molecule has 0 amide bonds. The summed E-state index contributed by atoms with van der Waals surface area (Å²) in [4.78, 5) is 11.7. The molecule has 0 aliphatic heterocycles. The van der Waals surface area contributed by atoms with Crippen LogP contribution in [0.3, 0.4) is 0 Å². The highest BCUT2D eigenvalue weighted by Crippen LogP contribution is 2.15. The van der Waals surface area contributed by atoms with Crippen LogP contribution in [-0.2, 0) is 9.53 Å². The van der Waals surface area contributed by atoms with Crippen LogP contribution in [0, 0.1) is 6.92 Å². The molecule has 0 spiro atoms. The molecule has 0 radical (unpaired) electrons. The Morgan fingerprint density at radius 3 is 2.65 bits per heavy atom. The van der Waals surface area contributed by atoms with E-state index in [9.17, 15) is 4.79 Å². The van der Waals surface area contributed by atoms with Crippen molar-refractivity contribution in [1.29, 1.82) is 0 Å². The summed E-state index contributed by atoms with van der Waals surface area (Å²) in [5.41, 5.74) is 1.10. The van der Waals surface area contributed by atoms with E-state index < -0.39 is 6.10 Å². The van der Waals surface area contributed by atoms with Gasteiger partial charge in [0.25, 0.3) is 0 Å². The van der Waals surface area contributed by atoms with Crippen LogP contribution in [0.25, 0.3) is 0 Å². The summed E-state index contributed by atoms with van der Waals surface area (Å²) in [6.07, 6.45) is 0.167. The van der Waals surface area contributed by atoms with Gasteiger partial charge < -0.3 is 9.47 Å². The number of carbonyl (C=O) groups is 1. The summed E-state index contributed by atoms with van der Waals surface area (Å²) < 4.78 is 10.7. The average Bonchev–Trinajstić information content (AvgIpc) is 2.28. The first kappa shape index (κ1) is 13.6. The van der Waals surface area contributed by atoms with E-state index in [0.717, 1.165) is 12.0 Å². The summed E-state index contributed by atoms with van der Waals surface area (Å²) in [7, 11) is 0. The van der Waals surface area contributed by atoms with Crippen molar-refractivity contribution in [3.05, 3.63) is 29.8 Å². The molecule has 0 fully saturated rings. The number of hydrogen-bond acceptors (Lipinski definition) is 3. The first-order valence-electron chi connectivity index (χ1n) is 5.96. The summed E-state index contributed by atoms with van der Waals surface area (Å²) in [5, 5.41) is 0. The maximum absolute atomic E-state index is 11.7. The van der Waals surface area contributed by atoms with Crippen LogP contribution in [0.5, 0.6) is 5.75 Å². The minimum atomic E-state index is -0.578. The number of carbonyl (C=O) groups excluding carboxylic acids is 1. The smallest absolute Gasteiger partial charge is 0.347 e. The van der Waals surface area contributed by atoms with Gasteiger partial charge in [0.1, 0.15) is 5.75 Å². The van der Waals surface area contributed by atoms with Crippen LogP contribution in [0.1, 0.15) is 32.8 Å². The molecule has 1 aromatic rings. The molecule has 0 aliphatic carbocycles. The molecular formula is C14H20O3. The maximum Gasteiger partial charge on any atom is 0.347 e. The van der Waals surface area contributed by atoms with Crippen LogP contribution in [0.2, 0.25) is 0 Å². The molecule has 94 valence electrons. The highest BCUT2D eigenvalue weighted by atomic mass is 16.6. The van der Waals surface area contributed by atoms with Gasteiger partial charge in [-0.05, 0) is 44.9 Å². The van der Waals surface area contributed by atoms with Crippen LogP contribution < -0.4 is 4.74 Å². The Balaban J connectivity index is 2.54. The van der Waals surface area contributed by atoms with Crippen molar-refractivity contribution in [1.82, 2.24) is 0 Å². The minimum Gasteiger partial charge on any atom is -0.479 e. The molecule has 0 aromatic heterocycles. The van der Waals surface area contributed by atoms with Crippen molar-refractivity contribution in [3.8, 4) is 5.75 Å². The SMILES string of the molecule is CCC(C)OC(=O)C(C)Oc1cccc(C)c1. The summed E-state index contributed by atoms with van der Waals surface area (Å²) in [6, 6.07) is 7.61. The lowest BCUT2D eigenvalue weighted by Gasteiger charge is -2.17. The number of rotatable bonds is 5. The zero-order valence-corrected chi connectivity index (χ0v) is 10.9. The second-order valence-electron chi connectivity index (χ2n) is 4.23. The van der Waals surface area contributed by atoms with Gasteiger partial charge in [-0.25, -0.2) is 4.79 Å². The van der Waals surface area contributed by atoms with Crippen molar-refractivity contribution in [2.24, 2.45) is 0 Å². The Labute approximate surface area is 103 Å². The van der Waals surface area contributed by atoms with Crippen LogP contribution in [0.15, 0.2) is 24.3 Å². The minimum absolute atomic E-state index is 0.0638. The molecule has 2 unspecified atom stereocenters. The normalized spacial score (nSPS) is 13.9. The molecule has 3 heteroatoms. The van der Waals surface area contributed by atoms with Crippen molar-refractivity contribution in [3.63, 3.8) is 0 Å². The van der Waals surface area contributed by atoms with Crippen LogP contribution in [0.4, 0.5) is 0 Å². The highest BCUT2D eigenvalue weighted by Gasteiger charge is 2.18. The van der Waals surface area contributed by atoms with Gasteiger partial charge in [-0.3, -0.25) is 0 Å². The number of benzene rings is 1. The van der Waals surface area contributed by atoms with E-state index in [-0.39, 0.29) is 12.1 Å². The van der Waals surface area contributed by atoms with E-state index in [1.54, 1.807) is 6.92 Å². The predicted molar refractivity (Wildman–Crippen MR) is 67.1 cm³/mol. The van der Waals surface area contributed by atoms with E-state index in [2.05, 4.69) is 0 Å². The van der Waals surface area contributed by atoms with E-state index in [1.165, 1.54) is 0 Å². The molecule has 1 aromatic carbocycles. The second-order valence-corrected chi connectivity index (χ2v) is 4.23.